The Kier molecular flexibility index (Phi) is 9.58. The van der Waals surface area contributed by atoms with E-state index < -0.39 is 5.54 Å². The van der Waals surface area contributed by atoms with Crippen LogP contribution in [-0.4, -0.2) is 26.2 Å². The summed E-state index contributed by atoms with van der Waals surface area (Å²) < 4.78 is 1.77. The summed E-state index contributed by atoms with van der Waals surface area (Å²) >= 11 is 0. The number of halogens is 2. The number of hydrogen-bond acceptors (Lipinski definition) is 4. The molecule has 0 saturated heterocycles. The molecule has 0 bridgehead atoms. The molecule has 6 nitrogen and oxygen atoms in total. The number of nitrogens with two attached hydrogens (primary N) is 1. The van der Waals surface area contributed by atoms with Gasteiger partial charge in [0.15, 0.2) is 0 Å². The molecular weight excluding hydrogens is 349 g/mol. The fourth-order valence-corrected chi connectivity index (χ4v) is 2.28. The first-order valence-corrected chi connectivity index (χ1v) is 7.48. The second-order valence-corrected chi connectivity index (χ2v) is 5.76. The van der Waals surface area contributed by atoms with Crippen LogP contribution in [0.5, 0.6) is 0 Å². The average molecular weight is 374 g/mol. The van der Waals surface area contributed by atoms with Gasteiger partial charge in [0.05, 0.1) is 12.1 Å². The van der Waals surface area contributed by atoms with E-state index in [1.165, 1.54) is 6.33 Å². The van der Waals surface area contributed by atoms with Crippen molar-refractivity contribution in [2.45, 2.75) is 45.3 Å². The van der Waals surface area contributed by atoms with E-state index in [-0.39, 0.29) is 30.7 Å². The third kappa shape index (κ3) is 6.47. The molecule has 1 unspecified atom stereocenters. The van der Waals surface area contributed by atoms with Gasteiger partial charge in [-0.2, -0.15) is 5.10 Å². The molecule has 1 aromatic carbocycles. The second-order valence-electron chi connectivity index (χ2n) is 5.76. The minimum Gasteiger partial charge on any atom is -0.350 e. The number of nitrogens with zero attached hydrogens (tertiary/aromatic N) is 3. The molecule has 1 aromatic heterocycles. The Bertz CT molecular complexity index is 599. The van der Waals surface area contributed by atoms with Gasteiger partial charge in [-0.05, 0) is 24.5 Å². The first kappa shape index (κ1) is 22.4. The lowest BCUT2D eigenvalue weighted by atomic mass is 9.96. The quantitative estimate of drug-likeness (QED) is 0.779. The number of benzene rings is 1. The molecule has 0 aliphatic rings. The van der Waals surface area contributed by atoms with Crippen LogP contribution in [0.2, 0.25) is 0 Å². The lowest BCUT2D eigenvalue weighted by Gasteiger charge is -2.22. The molecule has 0 aliphatic heterocycles. The summed E-state index contributed by atoms with van der Waals surface area (Å²) in [4.78, 5) is 16.0. The number of rotatable bonds is 7. The molecule has 0 spiro atoms. The smallest absolute Gasteiger partial charge is 0.240 e. The maximum Gasteiger partial charge on any atom is 0.240 e. The van der Waals surface area contributed by atoms with E-state index in [4.69, 9.17) is 5.73 Å². The predicted octanol–water partition coefficient (Wildman–Crippen LogP) is 2.30. The molecular formula is C16H25Cl2N5O. The topological polar surface area (TPSA) is 85.8 Å². The van der Waals surface area contributed by atoms with E-state index in [1.807, 2.05) is 31.2 Å². The Balaban J connectivity index is 0.00000264. The van der Waals surface area contributed by atoms with Crippen LogP contribution >= 0.6 is 24.8 Å². The SMILES string of the molecule is CCCC(C)(N)C(=O)NCc1ccc(Cn2cncn2)cc1.Cl.Cl. The van der Waals surface area contributed by atoms with Crippen LogP contribution in [0.3, 0.4) is 0 Å². The number of amides is 1. The van der Waals surface area contributed by atoms with E-state index in [9.17, 15) is 4.79 Å². The summed E-state index contributed by atoms with van der Waals surface area (Å²) in [6, 6.07) is 8.05. The van der Waals surface area contributed by atoms with Gasteiger partial charge in [0.25, 0.3) is 0 Å². The Morgan fingerprint density at radius 2 is 1.88 bits per heavy atom. The minimum absolute atomic E-state index is 0. The summed E-state index contributed by atoms with van der Waals surface area (Å²) in [7, 11) is 0. The third-order valence-electron chi connectivity index (χ3n) is 3.58. The fourth-order valence-electron chi connectivity index (χ4n) is 2.28. The predicted molar refractivity (Wildman–Crippen MR) is 99.4 cm³/mol. The third-order valence-corrected chi connectivity index (χ3v) is 3.58. The van der Waals surface area contributed by atoms with Crippen LogP contribution < -0.4 is 11.1 Å². The lowest BCUT2D eigenvalue weighted by Crippen LogP contribution is -2.51. The molecule has 24 heavy (non-hydrogen) atoms. The molecule has 134 valence electrons. The van der Waals surface area contributed by atoms with Gasteiger partial charge in [0.2, 0.25) is 5.91 Å². The molecule has 1 atom stereocenters. The number of carbonyl (C=O) groups is 1. The van der Waals surface area contributed by atoms with Crippen molar-refractivity contribution in [3.8, 4) is 0 Å². The van der Waals surface area contributed by atoms with Gasteiger partial charge in [-0.15, -0.1) is 24.8 Å². The van der Waals surface area contributed by atoms with E-state index in [0.717, 1.165) is 17.5 Å². The molecule has 0 saturated carbocycles. The summed E-state index contributed by atoms with van der Waals surface area (Å²) in [5, 5.41) is 6.97. The van der Waals surface area contributed by atoms with Crippen LogP contribution in [0.1, 0.15) is 37.8 Å². The summed E-state index contributed by atoms with van der Waals surface area (Å²) in [5.74, 6) is -0.110. The van der Waals surface area contributed by atoms with Gasteiger partial charge < -0.3 is 11.1 Å². The Morgan fingerprint density at radius 1 is 1.25 bits per heavy atom. The van der Waals surface area contributed by atoms with Gasteiger partial charge in [-0.1, -0.05) is 37.6 Å². The monoisotopic (exact) mass is 373 g/mol. The highest BCUT2D eigenvalue weighted by atomic mass is 35.5. The molecule has 1 heterocycles. The van der Waals surface area contributed by atoms with Crippen molar-refractivity contribution in [1.82, 2.24) is 20.1 Å². The van der Waals surface area contributed by atoms with Crippen molar-refractivity contribution < 1.29 is 4.79 Å². The molecule has 8 heteroatoms. The minimum atomic E-state index is -0.804. The van der Waals surface area contributed by atoms with Crippen molar-refractivity contribution in [3.05, 3.63) is 48.0 Å². The van der Waals surface area contributed by atoms with Crippen molar-refractivity contribution in [3.63, 3.8) is 0 Å². The fraction of sp³-hybridized carbons (Fsp3) is 0.438. The van der Waals surface area contributed by atoms with E-state index >= 15 is 0 Å². The highest BCUT2D eigenvalue weighted by Crippen LogP contribution is 2.10. The summed E-state index contributed by atoms with van der Waals surface area (Å²) in [6.45, 7) is 4.96. The van der Waals surface area contributed by atoms with E-state index in [1.54, 1.807) is 17.9 Å². The normalized spacial score (nSPS) is 12.5. The lowest BCUT2D eigenvalue weighted by molar-refractivity contribution is -0.126. The van der Waals surface area contributed by atoms with E-state index in [0.29, 0.717) is 19.5 Å². The Hall–Kier alpha value is -1.63. The van der Waals surface area contributed by atoms with Crippen molar-refractivity contribution >= 4 is 30.7 Å². The van der Waals surface area contributed by atoms with E-state index in [2.05, 4.69) is 15.4 Å². The molecule has 0 aliphatic carbocycles. The molecule has 0 radical (unpaired) electrons. The highest BCUT2D eigenvalue weighted by Gasteiger charge is 2.26. The number of nitrogens with one attached hydrogen (secondary N) is 1. The van der Waals surface area contributed by atoms with Crippen LogP contribution in [0, 0.1) is 0 Å². The first-order valence-electron chi connectivity index (χ1n) is 7.48. The molecule has 1 amide bonds. The van der Waals surface area contributed by atoms with Gasteiger partial charge in [0.1, 0.15) is 12.7 Å². The van der Waals surface area contributed by atoms with Crippen LogP contribution in [-0.2, 0) is 17.9 Å². The van der Waals surface area contributed by atoms with Gasteiger partial charge in [-0.3, -0.25) is 4.79 Å². The molecule has 2 aromatic rings. The van der Waals surface area contributed by atoms with Gasteiger partial charge in [0, 0.05) is 6.54 Å². The standard InChI is InChI=1S/C16H23N5O.2ClH/c1-3-8-16(2,17)15(22)19-9-13-4-6-14(7-5-13)10-21-12-18-11-20-21;;/h4-7,11-12H,3,8-10,17H2,1-2H3,(H,19,22);2*1H. The summed E-state index contributed by atoms with van der Waals surface area (Å²) in [6.07, 6.45) is 4.76. The number of carbonyl (C=O) groups excluding carboxylic acids is 1. The largest absolute Gasteiger partial charge is 0.350 e. The number of hydrogen-bond donors (Lipinski definition) is 2. The number of aromatic nitrogens is 3. The Labute approximate surface area is 155 Å². The van der Waals surface area contributed by atoms with Crippen molar-refractivity contribution in [2.24, 2.45) is 5.73 Å². The van der Waals surface area contributed by atoms with Crippen molar-refractivity contribution in [1.29, 1.82) is 0 Å². The zero-order chi connectivity index (χ0) is 16.0. The Morgan fingerprint density at radius 3 is 2.42 bits per heavy atom. The average Bonchev–Trinajstić information content (AvgIpc) is 2.99. The van der Waals surface area contributed by atoms with Crippen LogP contribution in [0.25, 0.3) is 0 Å². The maximum atomic E-state index is 12.1. The molecule has 0 fully saturated rings. The second kappa shape index (κ2) is 10.3. The maximum absolute atomic E-state index is 12.1. The highest BCUT2D eigenvalue weighted by molar-refractivity contribution is 5.86. The van der Waals surface area contributed by atoms with Gasteiger partial charge >= 0.3 is 0 Å². The zero-order valence-electron chi connectivity index (χ0n) is 13.9. The van der Waals surface area contributed by atoms with Gasteiger partial charge in [-0.25, -0.2) is 9.67 Å². The zero-order valence-corrected chi connectivity index (χ0v) is 15.6. The first-order chi connectivity index (χ1) is 10.5. The summed E-state index contributed by atoms with van der Waals surface area (Å²) in [5.41, 5.74) is 7.38. The van der Waals surface area contributed by atoms with Crippen LogP contribution in [0.4, 0.5) is 0 Å². The van der Waals surface area contributed by atoms with Crippen molar-refractivity contribution in [2.75, 3.05) is 0 Å². The molecule has 3 N–H and O–H groups in total. The van der Waals surface area contributed by atoms with Crippen LogP contribution in [0.15, 0.2) is 36.9 Å². The molecule has 2 rings (SSSR count).